The van der Waals surface area contributed by atoms with Crippen molar-refractivity contribution in [3.05, 3.63) is 60.3 Å². The van der Waals surface area contributed by atoms with E-state index in [1.165, 1.54) is 5.56 Å². The van der Waals surface area contributed by atoms with Crippen molar-refractivity contribution in [3.63, 3.8) is 0 Å². The molecule has 0 unspecified atom stereocenters. The average molecular weight is 626 g/mol. The molecule has 8 rings (SSSR count). The molecular weight excluding hydrogens is 578 g/mol. The number of rotatable bonds is 9. The molecule has 0 radical (unpaired) electrons. The van der Waals surface area contributed by atoms with Crippen LogP contribution in [0, 0.1) is 11.3 Å². The Balaban J connectivity index is 1.12. The molecule has 5 saturated carbocycles. The number of amides is 2. The number of pyridine rings is 1. The summed E-state index contributed by atoms with van der Waals surface area (Å²) in [5.74, 6) is 2.35. The van der Waals surface area contributed by atoms with E-state index in [-0.39, 0.29) is 28.8 Å². The number of oxazole rings is 1. The van der Waals surface area contributed by atoms with E-state index in [2.05, 4.69) is 46.7 Å². The summed E-state index contributed by atoms with van der Waals surface area (Å²) in [6.45, 7) is 0.726. The predicted molar refractivity (Wildman–Crippen MR) is 178 cm³/mol. The Kier molecular flexibility index (Phi) is 8.28. The number of carbonyl (C=O) groups excluding carboxylic acids is 2. The lowest BCUT2D eigenvalue weighted by Gasteiger charge is -2.55. The quantitative estimate of drug-likeness (QED) is 0.268. The van der Waals surface area contributed by atoms with Gasteiger partial charge in [0.15, 0.2) is 5.89 Å². The Morgan fingerprint density at radius 2 is 1.72 bits per heavy atom. The first kappa shape index (κ1) is 30.8. The number of aromatic nitrogens is 2. The fourth-order valence-corrected chi connectivity index (χ4v) is 8.16. The van der Waals surface area contributed by atoms with E-state index in [0.717, 1.165) is 99.4 Å². The van der Waals surface area contributed by atoms with Crippen molar-refractivity contribution in [1.82, 2.24) is 15.3 Å². The summed E-state index contributed by atoms with van der Waals surface area (Å²) < 4.78 is 11.3. The summed E-state index contributed by atoms with van der Waals surface area (Å²) in [6, 6.07) is 12.7. The first-order chi connectivity index (χ1) is 22.3. The normalized spacial score (nSPS) is 27.2. The van der Waals surface area contributed by atoms with E-state index in [4.69, 9.17) is 19.1 Å². The van der Waals surface area contributed by atoms with Crippen LogP contribution in [-0.4, -0.2) is 55.8 Å². The zero-order valence-electron chi connectivity index (χ0n) is 27.5. The highest BCUT2D eigenvalue weighted by Crippen LogP contribution is 2.58. The Morgan fingerprint density at radius 3 is 2.35 bits per heavy atom. The molecular formula is C37H47N5O4. The lowest BCUT2D eigenvalue weighted by atomic mass is 9.52. The van der Waals surface area contributed by atoms with Gasteiger partial charge in [-0.25, -0.2) is 14.8 Å². The molecule has 46 heavy (non-hydrogen) atoms. The molecule has 5 aliphatic rings. The molecule has 0 saturated heterocycles. The fourth-order valence-electron chi connectivity index (χ4n) is 8.16. The van der Waals surface area contributed by atoms with Crippen LogP contribution in [0.2, 0.25) is 0 Å². The third-order valence-corrected chi connectivity index (χ3v) is 11.4. The molecule has 9 nitrogen and oxygen atoms in total. The van der Waals surface area contributed by atoms with Gasteiger partial charge in [0.1, 0.15) is 23.9 Å². The van der Waals surface area contributed by atoms with Crippen LogP contribution in [0.3, 0.4) is 0 Å². The molecule has 0 atom stereocenters. The zero-order valence-corrected chi connectivity index (χ0v) is 27.5. The molecule has 5 aliphatic carbocycles. The SMILES string of the molecule is CNC(=O)O[C@H]1CC[C@H](C(=O)N(CC23CCC(c4ccc(N(C)C)nc4)(CC2)CC3)c2cccc(-c3coc(C4CC4)n3)c2)CC1. The summed E-state index contributed by atoms with van der Waals surface area (Å²) in [6.07, 6.45) is 15.1. The number of fused-ring (bicyclic) bond motifs is 3. The predicted octanol–water partition coefficient (Wildman–Crippen LogP) is 7.22. The van der Waals surface area contributed by atoms with E-state index in [9.17, 15) is 9.59 Å². The number of nitrogens with one attached hydrogen (secondary N) is 1. The zero-order chi connectivity index (χ0) is 31.9. The number of benzene rings is 1. The monoisotopic (exact) mass is 625 g/mol. The molecule has 2 amide bonds. The molecule has 1 aromatic carbocycles. The lowest BCUT2D eigenvalue weighted by molar-refractivity contribution is -0.124. The van der Waals surface area contributed by atoms with Crippen molar-refractivity contribution >= 4 is 23.5 Å². The summed E-state index contributed by atoms with van der Waals surface area (Å²) in [5, 5.41) is 2.54. The average Bonchev–Trinajstić information content (AvgIpc) is 3.84. The van der Waals surface area contributed by atoms with Crippen LogP contribution in [0.1, 0.15) is 94.4 Å². The standard InChI is InChI=1S/C37H47N5O4/c1-38-35(44)46-30-12-9-26(10-13-30)34(43)42(29-6-4-5-27(21-29)31-23-45-33(40-31)25-7-8-25)24-36-15-18-37(19-16-36,20-17-36)28-11-14-32(39-22-28)41(2)3/h4-6,11,14,21-23,25-26,30H,7-10,12-13,15-20,24H2,1-3H3,(H,38,44)/t26-,30-,36?,37?. The number of nitrogens with zero attached hydrogens (tertiary/aromatic N) is 4. The third kappa shape index (κ3) is 6.13. The number of hydrogen-bond donors (Lipinski definition) is 1. The van der Waals surface area contributed by atoms with Crippen molar-refractivity contribution in [2.45, 2.75) is 94.5 Å². The molecule has 3 aromatic rings. The molecule has 2 bridgehead atoms. The highest BCUT2D eigenvalue weighted by atomic mass is 16.6. The first-order valence-electron chi connectivity index (χ1n) is 17.2. The van der Waals surface area contributed by atoms with Gasteiger partial charge in [0.2, 0.25) is 5.91 Å². The van der Waals surface area contributed by atoms with E-state index < -0.39 is 6.09 Å². The van der Waals surface area contributed by atoms with Crippen molar-refractivity contribution in [3.8, 4) is 11.3 Å². The molecule has 244 valence electrons. The molecule has 0 spiro atoms. The Labute approximate surface area is 272 Å². The molecule has 5 fully saturated rings. The van der Waals surface area contributed by atoms with E-state index in [0.29, 0.717) is 18.8 Å². The summed E-state index contributed by atoms with van der Waals surface area (Å²) in [4.78, 5) is 40.0. The summed E-state index contributed by atoms with van der Waals surface area (Å²) in [7, 11) is 5.63. The van der Waals surface area contributed by atoms with Crippen LogP contribution in [-0.2, 0) is 14.9 Å². The van der Waals surface area contributed by atoms with Crippen LogP contribution >= 0.6 is 0 Å². The van der Waals surface area contributed by atoms with Gasteiger partial charge in [-0.3, -0.25) is 4.79 Å². The minimum Gasteiger partial charge on any atom is -0.448 e. The maximum atomic E-state index is 14.5. The van der Waals surface area contributed by atoms with Gasteiger partial charge in [0, 0.05) is 57.0 Å². The number of anilines is 2. The number of alkyl carbamates (subject to hydrolysis) is 1. The van der Waals surface area contributed by atoms with E-state index in [1.807, 2.05) is 25.1 Å². The van der Waals surface area contributed by atoms with Gasteiger partial charge < -0.3 is 24.3 Å². The van der Waals surface area contributed by atoms with Crippen molar-refractivity contribution in [1.29, 1.82) is 0 Å². The van der Waals surface area contributed by atoms with Crippen molar-refractivity contribution in [2.24, 2.45) is 11.3 Å². The number of carbonyl (C=O) groups is 2. The smallest absolute Gasteiger partial charge is 0.407 e. The minimum atomic E-state index is -0.403. The highest BCUT2D eigenvalue weighted by molar-refractivity contribution is 5.95. The Bertz CT molecular complexity index is 1530. The number of hydrogen-bond acceptors (Lipinski definition) is 7. The van der Waals surface area contributed by atoms with Crippen LogP contribution < -0.4 is 15.1 Å². The topological polar surface area (TPSA) is 101 Å². The van der Waals surface area contributed by atoms with Crippen molar-refractivity contribution < 1.29 is 18.7 Å². The first-order valence-corrected chi connectivity index (χ1v) is 17.2. The summed E-state index contributed by atoms with van der Waals surface area (Å²) >= 11 is 0. The molecule has 1 N–H and O–H groups in total. The number of ether oxygens (including phenoxy) is 1. The molecule has 9 heteroatoms. The van der Waals surface area contributed by atoms with Gasteiger partial charge in [0.05, 0.1) is 0 Å². The van der Waals surface area contributed by atoms with Gasteiger partial charge in [-0.1, -0.05) is 18.2 Å². The van der Waals surface area contributed by atoms with E-state index >= 15 is 0 Å². The van der Waals surface area contributed by atoms with Gasteiger partial charge in [-0.2, -0.15) is 0 Å². The fraction of sp³-hybridized carbons (Fsp3) is 0.568. The Hall–Kier alpha value is -3.88. The highest BCUT2D eigenvalue weighted by Gasteiger charge is 2.51. The minimum absolute atomic E-state index is 0.0920. The van der Waals surface area contributed by atoms with Crippen LogP contribution in [0.15, 0.2) is 53.3 Å². The molecule has 2 heterocycles. The van der Waals surface area contributed by atoms with Crippen LogP contribution in [0.5, 0.6) is 0 Å². The maximum Gasteiger partial charge on any atom is 0.407 e. The van der Waals surface area contributed by atoms with Gasteiger partial charge in [-0.05, 0) is 112 Å². The Morgan fingerprint density at radius 1 is 0.978 bits per heavy atom. The largest absolute Gasteiger partial charge is 0.448 e. The van der Waals surface area contributed by atoms with Gasteiger partial charge in [0.25, 0.3) is 0 Å². The second kappa shape index (κ2) is 12.4. The van der Waals surface area contributed by atoms with Crippen molar-refractivity contribution in [2.75, 3.05) is 37.5 Å². The maximum absolute atomic E-state index is 14.5. The van der Waals surface area contributed by atoms with Gasteiger partial charge in [-0.15, -0.1) is 0 Å². The van der Waals surface area contributed by atoms with E-state index in [1.54, 1.807) is 13.3 Å². The lowest BCUT2D eigenvalue weighted by Crippen LogP contribution is -2.51. The molecule has 2 aromatic heterocycles. The second-order valence-corrected chi connectivity index (χ2v) is 14.5. The van der Waals surface area contributed by atoms with Crippen LogP contribution in [0.4, 0.5) is 16.3 Å². The second-order valence-electron chi connectivity index (χ2n) is 14.5. The third-order valence-electron chi connectivity index (χ3n) is 11.4. The molecule has 0 aliphatic heterocycles. The summed E-state index contributed by atoms with van der Waals surface area (Å²) in [5.41, 5.74) is 4.38. The van der Waals surface area contributed by atoms with Crippen LogP contribution in [0.25, 0.3) is 11.3 Å². The van der Waals surface area contributed by atoms with Gasteiger partial charge >= 0.3 is 6.09 Å².